The fourth-order valence-corrected chi connectivity index (χ4v) is 3.67. The molecule has 1 aliphatic rings. The van der Waals surface area contributed by atoms with E-state index in [-0.39, 0.29) is 36.2 Å². The molecule has 2 N–H and O–H groups in total. The van der Waals surface area contributed by atoms with Crippen LogP contribution in [-0.2, 0) is 30.7 Å². The molecule has 2 heterocycles. The van der Waals surface area contributed by atoms with Crippen LogP contribution in [0.25, 0.3) is 0 Å². The number of hydrogen-bond acceptors (Lipinski definition) is 5. The van der Waals surface area contributed by atoms with Crippen LogP contribution in [0.2, 0.25) is 0 Å². The first-order chi connectivity index (χ1) is 15.0. The van der Waals surface area contributed by atoms with Crippen molar-refractivity contribution in [1.82, 2.24) is 20.4 Å². The van der Waals surface area contributed by atoms with Crippen LogP contribution in [0.15, 0.2) is 54.6 Å². The standard InChI is InChI=1S/C22H21N5O4/c28-20(12-16-8-4-5-9-19(16)27(30)31)26-11-10-18-17(14-26)21(25-24-18)22(29)23-13-15-6-2-1-3-7-15/h1-9H,10-14H2,(H,23,29)(H,24,25). The molecular formula is C22H21N5O4. The number of aromatic amines is 1. The maximum atomic E-state index is 12.8. The average molecular weight is 419 g/mol. The van der Waals surface area contributed by atoms with Crippen LogP contribution in [-0.4, -0.2) is 38.4 Å². The lowest BCUT2D eigenvalue weighted by atomic mass is 10.0. The molecule has 1 aromatic heterocycles. The molecule has 4 rings (SSSR count). The van der Waals surface area contributed by atoms with Gasteiger partial charge in [0.05, 0.1) is 11.3 Å². The number of carbonyl (C=O) groups is 2. The highest BCUT2D eigenvalue weighted by molar-refractivity contribution is 5.94. The van der Waals surface area contributed by atoms with E-state index < -0.39 is 4.92 Å². The first-order valence-electron chi connectivity index (χ1n) is 9.91. The Morgan fingerprint density at radius 2 is 1.87 bits per heavy atom. The first kappa shape index (κ1) is 20.3. The van der Waals surface area contributed by atoms with Crippen molar-refractivity contribution in [3.63, 3.8) is 0 Å². The van der Waals surface area contributed by atoms with Gasteiger partial charge in [-0.3, -0.25) is 24.8 Å². The highest BCUT2D eigenvalue weighted by atomic mass is 16.6. The third-order valence-corrected chi connectivity index (χ3v) is 5.33. The van der Waals surface area contributed by atoms with Crippen molar-refractivity contribution in [1.29, 1.82) is 0 Å². The van der Waals surface area contributed by atoms with Crippen molar-refractivity contribution in [2.45, 2.75) is 25.9 Å². The number of carbonyl (C=O) groups excluding carboxylic acids is 2. The van der Waals surface area contributed by atoms with Crippen LogP contribution >= 0.6 is 0 Å². The zero-order valence-corrected chi connectivity index (χ0v) is 16.7. The Morgan fingerprint density at radius 1 is 1.13 bits per heavy atom. The first-order valence-corrected chi connectivity index (χ1v) is 9.91. The Bertz CT molecular complexity index is 1130. The zero-order chi connectivity index (χ0) is 21.8. The summed E-state index contributed by atoms with van der Waals surface area (Å²) in [5.41, 5.74) is 3.07. The Labute approximate surface area is 178 Å². The molecule has 0 fully saturated rings. The van der Waals surface area contributed by atoms with E-state index in [1.54, 1.807) is 23.1 Å². The van der Waals surface area contributed by atoms with Gasteiger partial charge in [0.2, 0.25) is 5.91 Å². The highest BCUT2D eigenvalue weighted by Crippen LogP contribution is 2.23. The van der Waals surface area contributed by atoms with Crippen molar-refractivity contribution < 1.29 is 14.5 Å². The van der Waals surface area contributed by atoms with Gasteiger partial charge in [-0.1, -0.05) is 48.5 Å². The number of nitro benzene ring substituents is 1. The second kappa shape index (κ2) is 8.78. The minimum atomic E-state index is -0.484. The van der Waals surface area contributed by atoms with Gasteiger partial charge in [-0.25, -0.2) is 0 Å². The third kappa shape index (κ3) is 4.45. The maximum absolute atomic E-state index is 12.8. The Kier molecular flexibility index (Phi) is 5.74. The molecule has 0 radical (unpaired) electrons. The van der Waals surface area contributed by atoms with Crippen LogP contribution in [0.1, 0.15) is 32.9 Å². The molecule has 0 spiro atoms. The van der Waals surface area contributed by atoms with E-state index in [4.69, 9.17) is 0 Å². The van der Waals surface area contributed by atoms with Crippen molar-refractivity contribution in [3.05, 3.63) is 92.8 Å². The monoisotopic (exact) mass is 419 g/mol. The summed E-state index contributed by atoms with van der Waals surface area (Å²) in [4.78, 5) is 37.8. The number of nitrogens with one attached hydrogen (secondary N) is 2. The number of rotatable bonds is 6. The predicted molar refractivity (Wildman–Crippen MR) is 112 cm³/mol. The number of benzene rings is 2. The number of fused-ring (bicyclic) bond motifs is 1. The van der Waals surface area contributed by atoms with Crippen LogP contribution in [0.3, 0.4) is 0 Å². The van der Waals surface area contributed by atoms with Gasteiger partial charge in [-0.05, 0) is 5.56 Å². The largest absolute Gasteiger partial charge is 0.347 e. The van der Waals surface area contributed by atoms with Gasteiger partial charge in [0.1, 0.15) is 0 Å². The Morgan fingerprint density at radius 3 is 2.65 bits per heavy atom. The summed E-state index contributed by atoms with van der Waals surface area (Å²) in [6.07, 6.45) is 0.469. The van der Waals surface area contributed by atoms with Gasteiger partial charge >= 0.3 is 0 Å². The molecule has 158 valence electrons. The van der Waals surface area contributed by atoms with E-state index in [1.165, 1.54) is 6.07 Å². The minimum absolute atomic E-state index is 0.0696. The predicted octanol–water partition coefficient (Wildman–Crippen LogP) is 2.38. The SMILES string of the molecule is O=C(NCc1ccccc1)c1n[nH]c2c1CN(C(=O)Cc1ccccc1[N+](=O)[O-])CC2. The minimum Gasteiger partial charge on any atom is -0.347 e. The quantitative estimate of drug-likeness (QED) is 0.469. The number of hydrogen-bond donors (Lipinski definition) is 2. The van der Waals surface area contributed by atoms with Gasteiger partial charge in [-0.15, -0.1) is 0 Å². The van der Waals surface area contributed by atoms with E-state index in [0.717, 1.165) is 11.3 Å². The molecule has 0 unspecified atom stereocenters. The van der Waals surface area contributed by atoms with Gasteiger partial charge < -0.3 is 10.2 Å². The van der Waals surface area contributed by atoms with Gasteiger partial charge in [-0.2, -0.15) is 5.10 Å². The number of amides is 2. The summed E-state index contributed by atoms with van der Waals surface area (Å²) in [7, 11) is 0. The Balaban J connectivity index is 1.45. The lowest BCUT2D eigenvalue weighted by molar-refractivity contribution is -0.385. The van der Waals surface area contributed by atoms with Crippen molar-refractivity contribution in [2.24, 2.45) is 0 Å². The molecule has 0 aliphatic carbocycles. The molecule has 2 aromatic carbocycles. The zero-order valence-electron chi connectivity index (χ0n) is 16.7. The summed E-state index contributed by atoms with van der Waals surface area (Å²) < 4.78 is 0. The van der Waals surface area contributed by atoms with Crippen LogP contribution in [0.4, 0.5) is 5.69 Å². The van der Waals surface area contributed by atoms with Gasteiger partial charge in [0.15, 0.2) is 5.69 Å². The second-order valence-electron chi connectivity index (χ2n) is 7.33. The van der Waals surface area contributed by atoms with Gasteiger partial charge in [0.25, 0.3) is 11.6 Å². The van der Waals surface area contributed by atoms with Crippen LogP contribution in [0.5, 0.6) is 0 Å². The van der Waals surface area contributed by atoms with Crippen LogP contribution in [0, 0.1) is 10.1 Å². The molecule has 0 atom stereocenters. The summed E-state index contributed by atoms with van der Waals surface area (Å²) in [5.74, 6) is -0.536. The van der Waals surface area contributed by atoms with E-state index >= 15 is 0 Å². The average Bonchev–Trinajstić information content (AvgIpc) is 3.22. The topological polar surface area (TPSA) is 121 Å². The normalized spacial score (nSPS) is 12.8. The van der Waals surface area contributed by atoms with Gasteiger partial charge in [0, 0.05) is 48.9 Å². The third-order valence-electron chi connectivity index (χ3n) is 5.33. The fourth-order valence-electron chi connectivity index (χ4n) is 3.67. The summed E-state index contributed by atoms with van der Waals surface area (Å²) >= 11 is 0. The molecule has 0 bridgehead atoms. The molecule has 9 heteroatoms. The smallest absolute Gasteiger partial charge is 0.273 e. The molecule has 2 amide bonds. The lowest BCUT2D eigenvalue weighted by Gasteiger charge is -2.27. The number of nitrogens with zero attached hydrogens (tertiary/aromatic N) is 3. The molecule has 31 heavy (non-hydrogen) atoms. The lowest BCUT2D eigenvalue weighted by Crippen LogP contribution is -2.37. The van der Waals surface area contributed by atoms with E-state index in [2.05, 4.69) is 15.5 Å². The molecule has 3 aromatic rings. The van der Waals surface area contributed by atoms with Crippen molar-refractivity contribution in [2.75, 3.05) is 6.54 Å². The summed E-state index contributed by atoms with van der Waals surface area (Å²) in [6.45, 7) is 1.07. The number of para-hydroxylation sites is 1. The molecule has 1 aliphatic heterocycles. The molecule has 9 nitrogen and oxygen atoms in total. The molecule has 0 saturated heterocycles. The van der Waals surface area contributed by atoms with E-state index in [1.807, 2.05) is 30.3 Å². The number of nitro groups is 1. The summed E-state index contributed by atoms with van der Waals surface area (Å²) in [6, 6.07) is 15.8. The number of aromatic nitrogens is 2. The van der Waals surface area contributed by atoms with Crippen molar-refractivity contribution in [3.8, 4) is 0 Å². The maximum Gasteiger partial charge on any atom is 0.273 e. The molecule has 0 saturated carbocycles. The van der Waals surface area contributed by atoms with E-state index in [0.29, 0.717) is 30.6 Å². The second-order valence-corrected chi connectivity index (χ2v) is 7.33. The molecular weight excluding hydrogens is 398 g/mol. The fraction of sp³-hybridized carbons (Fsp3) is 0.227. The van der Waals surface area contributed by atoms with E-state index in [9.17, 15) is 19.7 Å². The summed E-state index contributed by atoms with van der Waals surface area (Å²) in [5, 5.41) is 21.1. The Hall–Kier alpha value is -4.01. The highest BCUT2D eigenvalue weighted by Gasteiger charge is 2.28. The van der Waals surface area contributed by atoms with Crippen molar-refractivity contribution >= 4 is 17.5 Å². The number of H-pyrrole nitrogens is 1. The van der Waals surface area contributed by atoms with Crippen LogP contribution < -0.4 is 5.32 Å².